The standard InChI is InChI=1S/C18H25N3O2.ClH/c19-15-9-8-14(11-15)18(23)20-16(13-5-2-1-3-6-13)12-21-10-4-7-17(21)22;/h1-3,5-6,14-16H,4,7-12,19H2,(H,20,23);1H. The SMILES string of the molecule is Cl.NC1CCC(C(=O)NC(CN2CCCC2=O)c2ccccc2)C1. The molecule has 1 aromatic rings. The molecular formula is C18H26ClN3O2. The zero-order valence-electron chi connectivity index (χ0n) is 13.8. The summed E-state index contributed by atoms with van der Waals surface area (Å²) < 4.78 is 0. The summed E-state index contributed by atoms with van der Waals surface area (Å²) in [6.07, 6.45) is 4.06. The van der Waals surface area contributed by atoms with Gasteiger partial charge in [-0.25, -0.2) is 0 Å². The summed E-state index contributed by atoms with van der Waals surface area (Å²) >= 11 is 0. The maximum absolute atomic E-state index is 12.6. The van der Waals surface area contributed by atoms with Crippen molar-refractivity contribution in [3.05, 3.63) is 35.9 Å². The van der Waals surface area contributed by atoms with Gasteiger partial charge in [0.25, 0.3) is 0 Å². The van der Waals surface area contributed by atoms with E-state index in [1.807, 2.05) is 35.2 Å². The van der Waals surface area contributed by atoms with Gasteiger partial charge in [0.05, 0.1) is 6.04 Å². The molecular weight excluding hydrogens is 326 g/mol. The third kappa shape index (κ3) is 4.48. The van der Waals surface area contributed by atoms with Crippen molar-refractivity contribution in [2.24, 2.45) is 11.7 Å². The molecule has 2 fully saturated rings. The highest BCUT2D eigenvalue weighted by Gasteiger charge is 2.31. The Morgan fingerprint density at radius 3 is 2.62 bits per heavy atom. The summed E-state index contributed by atoms with van der Waals surface area (Å²) in [5, 5.41) is 3.15. The van der Waals surface area contributed by atoms with Crippen LogP contribution in [0.3, 0.4) is 0 Å². The lowest BCUT2D eigenvalue weighted by molar-refractivity contribution is -0.130. The Kier molecular flexibility index (Phi) is 6.63. The van der Waals surface area contributed by atoms with Crippen molar-refractivity contribution in [2.75, 3.05) is 13.1 Å². The first-order chi connectivity index (χ1) is 11.1. The van der Waals surface area contributed by atoms with Crippen molar-refractivity contribution in [1.29, 1.82) is 0 Å². The van der Waals surface area contributed by atoms with E-state index in [-0.39, 0.29) is 42.2 Å². The Morgan fingerprint density at radius 1 is 1.29 bits per heavy atom. The maximum atomic E-state index is 12.6. The maximum Gasteiger partial charge on any atom is 0.223 e. The predicted molar refractivity (Wildman–Crippen MR) is 95.7 cm³/mol. The lowest BCUT2D eigenvalue weighted by Crippen LogP contribution is -2.40. The van der Waals surface area contributed by atoms with Gasteiger partial charge in [0, 0.05) is 31.5 Å². The fraction of sp³-hybridized carbons (Fsp3) is 0.556. The smallest absolute Gasteiger partial charge is 0.223 e. The van der Waals surface area contributed by atoms with E-state index in [2.05, 4.69) is 5.32 Å². The molecule has 3 N–H and O–H groups in total. The van der Waals surface area contributed by atoms with Crippen molar-refractivity contribution in [2.45, 2.75) is 44.2 Å². The molecule has 6 heteroatoms. The first-order valence-electron chi connectivity index (χ1n) is 8.52. The number of carbonyl (C=O) groups is 2. The number of amides is 2. The molecule has 0 spiro atoms. The van der Waals surface area contributed by atoms with Crippen LogP contribution in [0.4, 0.5) is 0 Å². The van der Waals surface area contributed by atoms with Gasteiger partial charge in [-0.3, -0.25) is 9.59 Å². The van der Waals surface area contributed by atoms with E-state index in [0.717, 1.165) is 37.8 Å². The minimum atomic E-state index is -0.150. The second-order valence-electron chi connectivity index (χ2n) is 6.69. The number of rotatable bonds is 5. The Bertz CT molecular complexity index is 567. The third-order valence-corrected chi connectivity index (χ3v) is 4.94. The van der Waals surface area contributed by atoms with Crippen LogP contribution < -0.4 is 11.1 Å². The number of nitrogens with zero attached hydrogens (tertiary/aromatic N) is 1. The van der Waals surface area contributed by atoms with Crippen molar-refractivity contribution < 1.29 is 9.59 Å². The Balaban J connectivity index is 0.00000208. The molecule has 1 aliphatic heterocycles. The van der Waals surface area contributed by atoms with Gasteiger partial charge in [-0.1, -0.05) is 30.3 Å². The largest absolute Gasteiger partial charge is 0.347 e. The minimum Gasteiger partial charge on any atom is -0.347 e. The van der Waals surface area contributed by atoms with Gasteiger partial charge in [-0.15, -0.1) is 12.4 Å². The highest BCUT2D eigenvalue weighted by atomic mass is 35.5. The van der Waals surface area contributed by atoms with Crippen LogP contribution in [0.1, 0.15) is 43.7 Å². The number of hydrogen-bond acceptors (Lipinski definition) is 3. The van der Waals surface area contributed by atoms with Gasteiger partial charge in [-0.05, 0) is 31.2 Å². The molecule has 0 radical (unpaired) electrons. The molecule has 2 aliphatic rings. The molecule has 0 bridgehead atoms. The van der Waals surface area contributed by atoms with Crippen LogP contribution in [0.2, 0.25) is 0 Å². The molecule has 132 valence electrons. The van der Waals surface area contributed by atoms with Crippen LogP contribution in [0.25, 0.3) is 0 Å². The minimum absolute atomic E-state index is 0. The molecule has 1 heterocycles. The van der Waals surface area contributed by atoms with E-state index in [1.54, 1.807) is 0 Å². The molecule has 1 saturated carbocycles. The Labute approximate surface area is 149 Å². The highest BCUT2D eigenvalue weighted by molar-refractivity contribution is 5.85. The van der Waals surface area contributed by atoms with E-state index >= 15 is 0 Å². The summed E-state index contributed by atoms with van der Waals surface area (Å²) in [5.41, 5.74) is 6.97. The molecule has 1 aromatic carbocycles. The highest BCUT2D eigenvalue weighted by Crippen LogP contribution is 2.26. The quantitative estimate of drug-likeness (QED) is 0.852. The number of nitrogens with two attached hydrogens (primary N) is 1. The number of carbonyl (C=O) groups excluding carboxylic acids is 2. The van der Waals surface area contributed by atoms with Crippen LogP contribution in [0.5, 0.6) is 0 Å². The fourth-order valence-electron chi connectivity index (χ4n) is 3.58. The molecule has 3 unspecified atom stereocenters. The van der Waals surface area contributed by atoms with Gasteiger partial charge >= 0.3 is 0 Å². The molecule has 24 heavy (non-hydrogen) atoms. The fourth-order valence-corrected chi connectivity index (χ4v) is 3.58. The molecule has 3 atom stereocenters. The van der Waals surface area contributed by atoms with Crippen LogP contribution >= 0.6 is 12.4 Å². The van der Waals surface area contributed by atoms with E-state index in [4.69, 9.17) is 5.73 Å². The lowest BCUT2D eigenvalue weighted by Gasteiger charge is -2.26. The zero-order valence-corrected chi connectivity index (χ0v) is 14.6. The average molecular weight is 352 g/mol. The third-order valence-electron chi connectivity index (χ3n) is 4.94. The first-order valence-corrected chi connectivity index (χ1v) is 8.52. The van der Waals surface area contributed by atoms with Crippen LogP contribution in [0.15, 0.2) is 30.3 Å². The summed E-state index contributed by atoms with van der Waals surface area (Å²) in [7, 11) is 0. The average Bonchev–Trinajstić information content (AvgIpc) is 3.16. The number of likely N-dealkylation sites (tertiary alicyclic amines) is 1. The Morgan fingerprint density at radius 2 is 2.04 bits per heavy atom. The van der Waals surface area contributed by atoms with Gasteiger partial charge < -0.3 is 16.0 Å². The monoisotopic (exact) mass is 351 g/mol. The van der Waals surface area contributed by atoms with Crippen LogP contribution in [-0.2, 0) is 9.59 Å². The van der Waals surface area contributed by atoms with Crippen molar-refractivity contribution in [3.8, 4) is 0 Å². The summed E-state index contributed by atoms with van der Waals surface area (Å²) in [5.74, 6) is 0.256. The Hall–Kier alpha value is -1.59. The molecule has 3 rings (SSSR count). The van der Waals surface area contributed by atoms with E-state index in [0.29, 0.717) is 13.0 Å². The summed E-state index contributed by atoms with van der Waals surface area (Å²) in [6.45, 7) is 1.33. The topological polar surface area (TPSA) is 75.4 Å². The van der Waals surface area contributed by atoms with E-state index < -0.39 is 0 Å². The van der Waals surface area contributed by atoms with E-state index in [9.17, 15) is 9.59 Å². The zero-order chi connectivity index (χ0) is 16.2. The molecule has 5 nitrogen and oxygen atoms in total. The van der Waals surface area contributed by atoms with Gasteiger partial charge in [0.1, 0.15) is 0 Å². The van der Waals surface area contributed by atoms with Crippen LogP contribution in [0, 0.1) is 5.92 Å². The summed E-state index contributed by atoms with van der Waals surface area (Å²) in [4.78, 5) is 26.3. The number of hydrogen-bond donors (Lipinski definition) is 2. The molecule has 1 saturated heterocycles. The first kappa shape index (κ1) is 18.7. The van der Waals surface area contributed by atoms with Gasteiger partial charge in [0.15, 0.2) is 0 Å². The van der Waals surface area contributed by atoms with Crippen molar-refractivity contribution in [3.63, 3.8) is 0 Å². The van der Waals surface area contributed by atoms with Crippen molar-refractivity contribution in [1.82, 2.24) is 10.2 Å². The normalized spacial score (nSPS) is 24.5. The van der Waals surface area contributed by atoms with Crippen LogP contribution in [-0.4, -0.2) is 35.8 Å². The lowest BCUT2D eigenvalue weighted by atomic mass is 10.0. The second-order valence-corrected chi connectivity index (χ2v) is 6.69. The second kappa shape index (κ2) is 8.49. The number of nitrogens with one attached hydrogen (secondary N) is 1. The van der Waals surface area contributed by atoms with Gasteiger partial charge in [0.2, 0.25) is 11.8 Å². The predicted octanol–water partition coefficient (Wildman–Crippen LogP) is 2.02. The summed E-state index contributed by atoms with van der Waals surface area (Å²) in [6, 6.07) is 9.89. The molecule has 0 aromatic heterocycles. The number of benzene rings is 1. The van der Waals surface area contributed by atoms with Crippen molar-refractivity contribution >= 4 is 24.2 Å². The molecule has 2 amide bonds. The number of halogens is 1. The van der Waals surface area contributed by atoms with Gasteiger partial charge in [-0.2, -0.15) is 0 Å². The molecule has 1 aliphatic carbocycles. The van der Waals surface area contributed by atoms with E-state index in [1.165, 1.54) is 0 Å².